The van der Waals surface area contributed by atoms with Gasteiger partial charge in [0, 0.05) is 6.61 Å². The van der Waals surface area contributed by atoms with Crippen molar-refractivity contribution in [2.45, 2.75) is 6.92 Å². The van der Waals surface area contributed by atoms with Gasteiger partial charge in [0.1, 0.15) is 6.02 Å². The Morgan fingerprint density at radius 3 is 2.80 bits per heavy atom. The number of alkyl halides is 1. The lowest BCUT2D eigenvalue weighted by atomic mass is 10.9. The lowest BCUT2D eigenvalue weighted by Gasteiger charge is -1.84. The molecule has 0 aromatic carbocycles. The Hall–Kier alpha value is 0.250. The summed E-state index contributed by atoms with van der Waals surface area (Å²) < 4.78 is 17.4. The van der Waals surface area contributed by atoms with Crippen LogP contribution in [0.15, 0.2) is 0 Å². The van der Waals surface area contributed by atoms with E-state index in [-0.39, 0.29) is 0 Å². The van der Waals surface area contributed by atoms with Crippen molar-refractivity contribution in [1.82, 2.24) is 0 Å². The van der Waals surface area contributed by atoms with Gasteiger partial charge in [-0.25, -0.2) is 0 Å². The molecule has 0 saturated heterocycles. The molecule has 0 aromatic rings. The largest absolute Gasteiger partial charge is 0.366 e. The maximum atomic E-state index is 6.54. The van der Waals surface area contributed by atoms with Crippen LogP contribution in [0, 0.1) is 0 Å². The van der Waals surface area contributed by atoms with Gasteiger partial charge in [-0.15, -0.1) is 0 Å². The number of ether oxygens (including phenoxy) is 1. The van der Waals surface area contributed by atoms with E-state index in [0.717, 1.165) is 0 Å². The number of halogens is 1. The van der Waals surface area contributed by atoms with Gasteiger partial charge in [0.05, 0.1) is 2.74 Å². The van der Waals surface area contributed by atoms with Crippen molar-refractivity contribution in [1.29, 1.82) is 0 Å². The third-order valence-corrected chi connectivity index (χ3v) is 0.308. The molecule has 0 N–H and O–H groups in total. The molecule has 0 amide bonds. The Labute approximate surface area is 39.7 Å². The molecule has 0 radical (unpaired) electrons. The quantitative estimate of drug-likeness (QED) is 0.470. The van der Waals surface area contributed by atoms with Gasteiger partial charge in [0.15, 0.2) is 0 Å². The molecule has 0 spiro atoms. The van der Waals surface area contributed by atoms with Crippen LogP contribution in [0.4, 0.5) is 0 Å². The van der Waals surface area contributed by atoms with Crippen molar-refractivity contribution in [3.63, 3.8) is 0 Å². The molecule has 32 valence electrons. The molecular formula is C3H7ClO. The average molecular weight is 96.6 g/mol. The number of rotatable bonds is 2. The highest BCUT2D eigenvalue weighted by atomic mass is 35.5. The standard InChI is InChI=1S/C3H7ClO/c1-2-5-3-4/h2-3H2,1H3/i3D2. The predicted molar refractivity (Wildman–Crippen MR) is 22.3 cm³/mol. The van der Waals surface area contributed by atoms with E-state index in [0.29, 0.717) is 6.61 Å². The van der Waals surface area contributed by atoms with E-state index >= 15 is 0 Å². The van der Waals surface area contributed by atoms with Gasteiger partial charge in [0.2, 0.25) is 0 Å². The van der Waals surface area contributed by atoms with Crippen molar-refractivity contribution in [3.05, 3.63) is 0 Å². The third-order valence-electron chi connectivity index (χ3n) is 0.199. The summed E-state index contributed by atoms with van der Waals surface area (Å²) in [6.45, 7) is 1.98. The van der Waals surface area contributed by atoms with E-state index in [1.54, 1.807) is 6.92 Å². The molecule has 0 heterocycles. The normalized spacial score (nSPS) is 17.2. The fraction of sp³-hybridized carbons (Fsp3) is 1.00. The Morgan fingerprint density at radius 1 is 2.20 bits per heavy atom. The first-order valence-electron chi connectivity index (χ1n) is 2.39. The molecule has 0 aromatic heterocycles. The molecule has 1 nitrogen and oxygen atoms in total. The maximum absolute atomic E-state index is 6.54. The van der Waals surface area contributed by atoms with Crippen molar-refractivity contribution in [3.8, 4) is 0 Å². The predicted octanol–water partition coefficient (Wildman–Crippen LogP) is 1.22. The first-order valence-corrected chi connectivity index (χ1v) is 1.77. The first kappa shape index (κ1) is 2.43. The number of hydrogen-bond acceptors (Lipinski definition) is 1. The van der Waals surface area contributed by atoms with E-state index in [1.165, 1.54) is 0 Å². The van der Waals surface area contributed by atoms with Crippen LogP contribution in [-0.4, -0.2) is 12.6 Å². The van der Waals surface area contributed by atoms with Gasteiger partial charge in [-0.3, -0.25) is 0 Å². The monoisotopic (exact) mass is 96.0 g/mol. The zero-order valence-corrected chi connectivity index (χ0v) is 3.75. The van der Waals surface area contributed by atoms with E-state index in [2.05, 4.69) is 4.74 Å². The average Bonchev–Trinajstić information content (AvgIpc) is 1.30. The highest BCUT2D eigenvalue weighted by Crippen LogP contribution is 1.73. The van der Waals surface area contributed by atoms with Crippen molar-refractivity contribution in [2.24, 2.45) is 0 Å². The van der Waals surface area contributed by atoms with E-state index < -0.39 is 6.02 Å². The Kier molecular flexibility index (Phi) is 2.06. The van der Waals surface area contributed by atoms with E-state index in [9.17, 15) is 0 Å². The van der Waals surface area contributed by atoms with Gasteiger partial charge in [-0.2, -0.15) is 0 Å². The first-order chi connectivity index (χ1) is 3.06. The van der Waals surface area contributed by atoms with Crippen molar-refractivity contribution >= 4 is 11.6 Å². The van der Waals surface area contributed by atoms with E-state index in [1.807, 2.05) is 0 Å². The summed E-state index contributed by atoms with van der Waals surface area (Å²) in [6, 6.07) is -1.98. The highest BCUT2D eigenvalue weighted by molar-refractivity contribution is 6.17. The summed E-state index contributed by atoms with van der Waals surface area (Å²) in [5.74, 6) is 0. The van der Waals surface area contributed by atoms with Crippen LogP contribution in [0.5, 0.6) is 0 Å². The number of hydrogen-bond donors (Lipinski definition) is 0. The molecule has 0 fully saturated rings. The Bertz CT molecular complexity index is 51.4. The maximum Gasteiger partial charge on any atom is 0.120 e. The van der Waals surface area contributed by atoms with Gasteiger partial charge in [-0.05, 0) is 6.92 Å². The van der Waals surface area contributed by atoms with Gasteiger partial charge in [-0.1, -0.05) is 11.6 Å². The summed E-state index contributed by atoms with van der Waals surface area (Å²) >= 11 is 4.94. The van der Waals surface area contributed by atoms with Gasteiger partial charge in [0.25, 0.3) is 0 Å². The van der Waals surface area contributed by atoms with E-state index in [4.69, 9.17) is 14.3 Å². The summed E-state index contributed by atoms with van der Waals surface area (Å²) in [5.41, 5.74) is 0. The van der Waals surface area contributed by atoms with Crippen molar-refractivity contribution < 1.29 is 7.48 Å². The smallest absolute Gasteiger partial charge is 0.120 e. The van der Waals surface area contributed by atoms with Crippen LogP contribution in [0.1, 0.15) is 9.67 Å². The summed E-state index contributed by atoms with van der Waals surface area (Å²) in [4.78, 5) is 0. The lowest BCUT2D eigenvalue weighted by molar-refractivity contribution is 0.195. The van der Waals surface area contributed by atoms with Crippen LogP contribution >= 0.6 is 11.6 Å². The molecular weight excluding hydrogens is 87.5 g/mol. The second kappa shape index (κ2) is 4.25. The minimum atomic E-state index is -1.98. The second-order valence-electron chi connectivity index (χ2n) is 0.510. The van der Waals surface area contributed by atoms with Crippen LogP contribution in [-0.2, 0) is 4.74 Å². The fourth-order valence-electron chi connectivity index (χ4n) is 0.0546. The Balaban J connectivity index is 3.15. The van der Waals surface area contributed by atoms with Crippen LogP contribution in [0.3, 0.4) is 0 Å². The second-order valence-corrected chi connectivity index (χ2v) is 0.664. The molecule has 0 rings (SSSR count). The molecule has 0 atom stereocenters. The molecule has 0 unspecified atom stereocenters. The minimum Gasteiger partial charge on any atom is -0.366 e. The molecule has 5 heavy (non-hydrogen) atoms. The molecule has 0 aliphatic heterocycles. The zero-order chi connectivity index (χ0) is 5.91. The summed E-state index contributed by atoms with van der Waals surface area (Å²) in [6.07, 6.45) is 0. The van der Waals surface area contributed by atoms with Crippen LogP contribution in [0.2, 0.25) is 0 Å². The third kappa shape index (κ3) is 4.25. The summed E-state index contributed by atoms with van der Waals surface area (Å²) in [7, 11) is 0. The zero-order valence-electron chi connectivity index (χ0n) is 4.99. The molecule has 2 heteroatoms. The molecule has 0 aliphatic rings. The van der Waals surface area contributed by atoms with Gasteiger partial charge < -0.3 is 4.74 Å². The molecule has 0 aliphatic carbocycles. The van der Waals surface area contributed by atoms with Crippen molar-refractivity contribution in [2.75, 3.05) is 12.6 Å². The summed E-state index contributed by atoms with van der Waals surface area (Å²) in [5, 5.41) is 0. The van der Waals surface area contributed by atoms with Crippen LogP contribution < -0.4 is 0 Å². The SMILES string of the molecule is [2H]C([2H])(Cl)OCC. The van der Waals surface area contributed by atoms with Crippen LogP contribution in [0.25, 0.3) is 0 Å². The fourth-order valence-corrected chi connectivity index (χ4v) is 0.164. The Morgan fingerprint density at radius 2 is 2.80 bits per heavy atom. The lowest BCUT2D eigenvalue weighted by Crippen LogP contribution is -1.81. The molecule has 0 bridgehead atoms. The van der Waals surface area contributed by atoms with Gasteiger partial charge >= 0.3 is 0 Å². The minimum absolute atomic E-state index is 0.302. The highest BCUT2D eigenvalue weighted by Gasteiger charge is 1.66. The molecule has 0 saturated carbocycles. The topological polar surface area (TPSA) is 9.23 Å².